The number of ether oxygens (including phenoxy) is 1. The van der Waals surface area contributed by atoms with Crippen molar-refractivity contribution >= 4 is 46.2 Å². The molecule has 0 amide bonds. The molecule has 0 saturated carbocycles. The number of hydrogen-bond acceptors (Lipinski definition) is 3. The van der Waals surface area contributed by atoms with E-state index < -0.39 is 0 Å². The second-order valence-electron chi connectivity index (χ2n) is 5.30. The van der Waals surface area contributed by atoms with Crippen molar-refractivity contribution in [3.8, 4) is 0 Å². The molecular formula is C15H21Cl2N4OS+. The van der Waals surface area contributed by atoms with E-state index in [1.165, 1.54) is 4.90 Å². The fraction of sp³-hybridized carbons (Fsp3) is 0.467. The first-order valence-electron chi connectivity index (χ1n) is 7.51. The maximum Gasteiger partial charge on any atom is 0.187 e. The minimum Gasteiger partial charge on any atom is -0.370 e. The van der Waals surface area contributed by atoms with Crippen molar-refractivity contribution in [3.05, 3.63) is 33.8 Å². The molecule has 0 radical (unpaired) electrons. The van der Waals surface area contributed by atoms with Crippen LogP contribution in [0.3, 0.4) is 0 Å². The molecule has 5 nitrogen and oxygen atoms in total. The van der Waals surface area contributed by atoms with Gasteiger partial charge in [0.25, 0.3) is 0 Å². The van der Waals surface area contributed by atoms with Gasteiger partial charge in [-0.3, -0.25) is 5.43 Å². The summed E-state index contributed by atoms with van der Waals surface area (Å²) in [5.41, 5.74) is 4.41. The first-order chi connectivity index (χ1) is 11.1. The third-order valence-corrected chi connectivity index (χ3v) is 4.39. The summed E-state index contributed by atoms with van der Waals surface area (Å²) in [7, 11) is 0. The Bertz CT molecular complexity index is 577. The van der Waals surface area contributed by atoms with Crippen molar-refractivity contribution in [1.82, 2.24) is 10.7 Å². The molecule has 0 spiro atoms. The van der Waals surface area contributed by atoms with Crippen LogP contribution in [0.5, 0.6) is 0 Å². The molecule has 1 aromatic rings. The summed E-state index contributed by atoms with van der Waals surface area (Å²) < 4.78 is 5.33. The van der Waals surface area contributed by atoms with E-state index in [-0.39, 0.29) is 0 Å². The molecule has 0 aromatic heterocycles. The topological polar surface area (TPSA) is 50.1 Å². The number of morpholine rings is 1. The van der Waals surface area contributed by atoms with Crippen LogP contribution in [0.2, 0.25) is 10.0 Å². The van der Waals surface area contributed by atoms with Gasteiger partial charge < -0.3 is 15.0 Å². The van der Waals surface area contributed by atoms with Crippen molar-refractivity contribution in [3.63, 3.8) is 0 Å². The average molecular weight is 376 g/mol. The van der Waals surface area contributed by atoms with Gasteiger partial charge in [0.15, 0.2) is 5.11 Å². The summed E-state index contributed by atoms with van der Waals surface area (Å²) >= 11 is 17.3. The van der Waals surface area contributed by atoms with Gasteiger partial charge in [0.05, 0.1) is 37.0 Å². The first kappa shape index (κ1) is 18.4. The van der Waals surface area contributed by atoms with Crippen LogP contribution in [0, 0.1) is 0 Å². The number of thiocarbonyl (C=S) groups is 1. The number of quaternary nitrogens is 1. The number of hydrogen-bond donors (Lipinski definition) is 3. The van der Waals surface area contributed by atoms with Crippen LogP contribution >= 0.6 is 35.4 Å². The fourth-order valence-corrected chi connectivity index (χ4v) is 2.97. The number of benzene rings is 1. The van der Waals surface area contributed by atoms with Crippen molar-refractivity contribution < 1.29 is 9.64 Å². The number of rotatable bonds is 5. The Morgan fingerprint density at radius 3 is 2.78 bits per heavy atom. The highest BCUT2D eigenvalue weighted by Crippen LogP contribution is 2.21. The molecule has 1 aromatic carbocycles. The predicted octanol–water partition coefficient (Wildman–Crippen LogP) is 1.10. The summed E-state index contributed by atoms with van der Waals surface area (Å²) in [4.78, 5) is 1.53. The first-order valence-corrected chi connectivity index (χ1v) is 8.67. The minimum atomic E-state index is 0.502. The van der Waals surface area contributed by atoms with Crippen LogP contribution in [-0.2, 0) is 4.74 Å². The highest BCUT2D eigenvalue weighted by Gasteiger charge is 2.12. The SMILES string of the molecule is C/C(=N/NC(=S)NCC[NH+]1CCOCC1)c1ccc(Cl)cc1Cl. The molecule has 0 aliphatic carbocycles. The Morgan fingerprint density at radius 2 is 2.09 bits per heavy atom. The predicted molar refractivity (Wildman–Crippen MR) is 98.8 cm³/mol. The Morgan fingerprint density at radius 1 is 1.35 bits per heavy atom. The second-order valence-corrected chi connectivity index (χ2v) is 6.55. The van der Waals surface area contributed by atoms with Gasteiger partial charge in [-0.1, -0.05) is 29.3 Å². The molecule has 1 aliphatic heterocycles. The van der Waals surface area contributed by atoms with E-state index in [1.54, 1.807) is 12.1 Å². The molecule has 8 heteroatoms. The molecule has 3 N–H and O–H groups in total. The largest absolute Gasteiger partial charge is 0.370 e. The van der Waals surface area contributed by atoms with Crippen LogP contribution in [0.25, 0.3) is 0 Å². The molecule has 1 aliphatic rings. The number of halogens is 2. The molecule has 0 atom stereocenters. The average Bonchev–Trinajstić information content (AvgIpc) is 2.53. The number of hydrazone groups is 1. The van der Waals surface area contributed by atoms with Gasteiger partial charge in [-0.25, -0.2) is 0 Å². The van der Waals surface area contributed by atoms with Crippen molar-refractivity contribution in [1.29, 1.82) is 0 Å². The van der Waals surface area contributed by atoms with Crippen LogP contribution in [0.15, 0.2) is 23.3 Å². The summed E-state index contributed by atoms with van der Waals surface area (Å²) in [6, 6.07) is 5.31. The van der Waals surface area contributed by atoms with E-state index in [2.05, 4.69) is 15.8 Å². The number of nitrogens with one attached hydrogen (secondary N) is 3. The fourth-order valence-electron chi connectivity index (χ4n) is 2.28. The lowest BCUT2D eigenvalue weighted by molar-refractivity contribution is -0.906. The van der Waals surface area contributed by atoms with Crippen molar-refractivity contribution in [2.75, 3.05) is 39.4 Å². The van der Waals surface area contributed by atoms with E-state index in [0.717, 1.165) is 50.7 Å². The van der Waals surface area contributed by atoms with Crippen LogP contribution in [-0.4, -0.2) is 50.2 Å². The van der Waals surface area contributed by atoms with Crippen LogP contribution in [0.4, 0.5) is 0 Å². The Hall–Kier alpha value is -0.920. The quantitative estimate of drug-likeness (QED) is 0.409. The normalized spacial score (nSPS) is 16.2. The lowest BCUT2D eigenvalue weighted by Crippen LogP contribution is -3.14. The Balaban J connectivity index is 1.75. The van der Waals surface area contributed by atoms with Gasteiger partial charge >= 0.3 is 0 Å². The zero-order valence-corrected chi connectivity index (χ0v) is 15.3. The maximum absolute atomic E-state index is 6.15. The number of nitrogens with zero attached hydrogens (tertiary/aromatic N) is 1. The highest BCUT2D eigenvalue weighted by molar-refractivity contribution is 7.80. The summed E-state index contributed by atoms with van der Waals surface area (Å²) in [6.45, 7) is 7.45. The van der Waals surface area contributed by atoms with E-state index in [0.29, 0.717) is 15.2 Å². The Kier molecular flexibility index (Phi) is 7.52. The molecule has 0 unspecified atom stereocenters. The zero-order chi connectivity index (χ0) is 16.7. The third kappa shape index (κ3) is 6.24. The maximum atomic E-state index is 6.15. The second kappa shape index (κ2) is 9.39. The molecule has 2 rings (SSSR count). The van der Waals surface area contributed by atoms with Crippen molar-refractivity contribution in [2.24, 2.45) is 5.10 Å². The monoisotopic (exact) mass is 375 g/mol. The molecule has 23 heavy (non-hydrogen) atoms. The Labute approximate surface area is 152 Å². The molecule has 1 saturated heterocycles. The van der Waals surface area contributed by atoms with Crippen molar-refractivity contribution in [2.45, 2.75) is 6.92 Å². The summed E-state index contributed by atoms with van der Waals surface area (Å²) in [5, 5.41) is 9.08. The molecular weight excluding hydrogens is 355 g/mol. The zero-order valence-electron chi connectivity index (χ0n) is 13.0. The van der Waals surface area contributed by atoms with E-state index in [4.69, 9.17) is 40.2 Å². The molecule has 126 valence electrons. The molecule has 1 heterocycles. The van der Waals surface area contributed by atoms with E-state index >= 15 is 0 Å². The van der Waals surface area contributed by atoms with Gasteiger partial charge in [-0.15, -0.1) is 0 Å². The van der Waals surface area contributed by atoms with E-state index in [9.17, 15) is 0 Å². The lowest BCUT2D eigenvalue weighted by Gasteiger charge is -2.23. The van der Waals surface area contributed by atoms with Gasteiger partial charge in [0, 0.05) is 10.6 Å². The van der Waals surface area contributed by atoms with Crippen LogP contribution in [0.1, 0.15) is 12.5 Å². The van der Waals surface area contributed by atoms with Gasteiger partial charge in [-0.05, 0) is 31.3 Å². The van der Waals surface area contributed by atoms with Crippen LogP contribution < -0.4 is 15.6 Å². The summed E-state index contributed by atoms with van der Waals surface area (Å²) in [6.07, 6.45) is 0. The molecule has 0 bridgehead atoms. The molecule has 1 fully saturated rings. The smallest absolute Gasteiger partial charge is 0.187 e. The standard InChI is InChI=1S/C15H20Cl2N4OS/c1-11(13-3-2-12(16)10-14(13)17)19-20-15(23)18-4-5-21-6-8-22-9-7-21/h2-3,10H,4-9H2,1H3,(H2,18,20,23)/p+1/b19-11-. The van der Waals surface area contributed by atoms with Gasteiger partial charge in [0.2, 0.25) is 0 Å². The van der Waals surface area contributed by atoms with E-state index in [1.807, 2.05) is 13.0 Å². The lowest BCUT2D eigenvalue weighted by atomic mass is 10.1. The van der Waals surface area contributed by atoms with Gasteiger partial charge in [-0.2, -0.15) is 5.10 Å². The highest BCUT2D eigenvalue weighted by atomic mass is 35.5. The third-order valence-electron chi connectivity index (χ3n) is 3.61. The minimum absolute atomic E-state index is 0.502. The van der Waals surface area contributed by atoms with Gasteiger partial charge in [0.1, 0.15) is 13.1 Å². The summed E-state index contributed by atoms with van der Waals surface area (Å²) in [5.74, 6) is 0.